The van der Waals surface area contributed by atoms with E-state index in [-0.39, 0.29) is 5.91 Å². The highest BCUT2D eigenvalue weighted by Gasteiger charge is 2.07. The lowest BCUT2D eigenvalue weighted by molar-refractivity contribution is -0.115. The minimum Gasteiger partial charge on any atom is -0.492 e. The number of hydrogen-bond acceptors (Lipinski definition) is 4. The SMILES string of the molecule is CCOc1ccccc1Nc1ccc(NC(=O)Cc2ccccc2C)cn1. The first kappa shape index (κ1) is 18.5. The Kier molecular flexibility index (Phi) is 6.05. The van der Waals surface area contributed by atoms with Crippen molar-refractivity contribution in [1.29, 1.82) is 0 Å². The molecule has 27 heavy (non-hydrogen) atoms. The number of ether oxygens (including phenoxy) is 1. The van der Waals surface area contributed by atoms with Crippen molar-refractivity contribution >= 4 is 23.1 Å². The molecule has 5 heteroatoms. The van der Waals surface area contributed by atoms with E-state index in [1.54, 1.807) is 6.20 Å². The van der Waals surface area contributed by atoms with Crippen LogP contribution in [0, 0.1) is 6.92 Å². The van der Waals surface area contributed by atoms with Gasteiger partial charge in [-0.15, -0.1) is 0 Å². The number of carbonyl (C=O) groups excluding carboxylic acids is 1. The van der Waals surface area contributed by atoms with E-state index < -0.39 is 0 Å². The number of anilines is 3. The molecule has 0 aliphatic heterocycles. The van der Waals surface area contributed by atoms with Crippen molar-refractivity contribution in [3.8, 4) is 5.75 Å². The van der Waals surface area contributed by atoms with Crippen molar-refractivity contribution in [1.82, 2.24) is 4.98 Å². The summed E-state index contributed by atoms with van der Waals surface area (Å²) in [6, 6.07) is 19.2. The molecule has 5 nitrogen and oxygen atoms in total. The van der Waals surface area contributed by atoms with Gasteiger partial charge in [-0.2, -0.15) is 0 Å². The second-order valence-electron chi connectivity index (χ2n) is 6.14. The molecular weight excluding hydrogens is 338 g/mol. The summed E-state index contributed by atoms with van der Waals surface area (Å²) in [5.41, 5.74) is 3.65. The smallest absolute Gasteiger partial charge is 0.228 e. The van der Waals surface area contributed by atoms with Gasteiger partial charge in [0.05, 0.1) is 30.6 Å². The minimum absolute atomic E-state index is 0.0616. The summed E-state index contributed by atoms with van der Waals surface area (Å²) in [5.74, 6) is 1.39. The number of carbonyl (C=O) groups is 1. The van der Waals surface area contributed by atoms with Crippen molar-refractivity contribution in [3.63, 3.8) is 0 Å². The number of rotatable bonds is 7. The van der Waals surface area contributed by atoms with Crippen LogP contribution in [-0.4, -0.2) is 17.5 Å². The number of pyridine rings is 1. The van der Waals surface area contributed by atoms with Gasteiger partial charge in [-0.25, -0.2) is 4.98 Å². The number of amides is 1. The molecule has 1 amide bonds. The zero-order chi connectivity index (χ0) is 19.1. The lowest BCUT2D eigenvalue weighted by atomic mass is 10.1. The molecule has 2 N–H and O–H groups in total. The Balaban J connectivity index is 1.62. The van der Waals surface area contributed by atoms with Crippen LogP contribution in [0.5, 0.6) is 5.75 Å². The largest absolute Gasteiger partial charge is 0.492 e. The van der Waals surface area contributed by atoms with Gasteiger partial charge in [-0.05, 0) is 49.2 Å². The van der Waals surface area contributed by atoms with Gasteiger partial charge in [0.2, 0.25) is 5.91 Å². The first-order valence-corrected chi connectivity index (χ1v) is 8.95. The van der Waals surface area contributed by atoms with Gasteiger partial charge in [0, 0.05) is 0 Å². The molecule has 0 atom stereocenters. The first-order chi connectivity index (χ1) is 13.2. The number of aromatic nitrogens is 1. The predicted molar refractivity (Wildman–Crippen MR) is 109 cm³/mol. The van der Waals surface area contributed by atoms with Crippen LogP contribution in [0.25, 0.3) is 0 Å². The van der Waals surface area contributed by atoms with Crippen molar-refractivity contribution in [2.24, 2.45) is 0 Å². The van der Waals surface area contributed by atoms with Gasteiger partial charge in [0.1, 0.15) is 11.6 Å². The maximum Gasteiger partial charge on any atom is 0.228 e. The van der Waals surface area contributed by atoms with Crippen LogP contribution in [-0.2, 0) is 11.2 Å². The molecule has 0 aliphatic carbocycles. The molecule has 0 saturated heterocycles. The van der Waals surface area contributed by atoms with Gasteiger partial charge in [0.15, 0.2) is 0 Å². The number of aryl methyl sites for hydroxylation is 1. The molecule has 1 heterocycles. The molecule has 0 spiro atoms. The molecule has 138 valence electrons. The van der Waals surface area contributed by atoms with Gasteiger partial charge in [-0.1, -0.05) is 36.4 Å². The van der Waals surface area contributed by atoms with Gasteiger partial charge in [-0.3, -0.25) is 4.79 Å². The van der Waals surface area contributed by atoms with Gasteiger partial charge < -0.3 is 15.4 Å². The van der Waals surface area contributed by atoms with E-state index in [1.165, 1.54) is 0 Å². The summed E-state index contributed by atoms with van der Waals surface area (Å²) in [6.07, 6.45) is 1.98. The van der Waals surface area contributed by atoms with E-state index in [0.717, 1.165) is 22.6 Å². The molecule has 2 aromatic carbocycles. The highest BCUT2D eigenvalue weighted by atomic mass is 16.5. The van der Waals surface area contributed by atoms with E-state index in [4.69, 9.17) is 4.74 Å². The van der Waals surface area contributed by atoms with Crippen LogP contribution < -0.4 is 15.4 Å². The van der Waals surface area contributed by atoms with Gasteiger partial charge >= 0.3 is 0 Å². The fraction of sp³-hybridized carbons (Fsp3) is 0.182. The lowest BCUT2D eigenvalue weighted by Gasteiger charge is -2.12. The van der Waals surface area contributed by atoms with E-state index >= 15 is 0 Å². The maximum atomic E-state index is 12.3. The Morgan fingerprint density at radius 1 is 1.04 bits per heavy atom. The second-order valence-corrected chi connectivity index (χ2v) is 6.14. The van der Waals surface area contributed by atoms with Crippen LogP contribution in [0.4, 0.5) is 17.2 Å². The summed E-state index contributed by atoms with van der Waals surface area (Å²) in [6.45, 7) is 4.55. The number of nitrogens with zero attached hydrogens (tertiary/aromatic N) is 1. The zero-order valence-electron chi connectivity index (χ0n) is 15.5. The monoisotopic (exact) mass is 361 g/mol. The molecule has 3 rings (SSSR count). The zero-order valence-corrected chi connectivity index (χ0v) is 15.5. The van der Waals surface area contributed by atoms with Gasteiger partial charge in [0.25, 0.3) is 0 Å². The number of para-hydroxylation sites is 2. The Hall–Kier alpha value is -3.34. The number of hydrogen-bond donors (Lipinski definition) is 2. The van der Waals surface area contributed by atoms with Crippen LogP contribution in [0.3, 0.4) is 0 Å². The highest BCUT2D eigenvalue weighted by Crippen LogP contribution is 2.26. The molecule has 0 unspecified atom stereocenters. The van der Waals surface area contributed by atoms with Crippen molar-refractivity contribution in [2.75, 3.05) is 17.2 Å². The average molecular weight is 361 g/mol. The Morgan fingerprint density at radius 2 is 1.81 bits per heavy atom. The minimum atomic E-state index is -0.0616. The van der Waals surface area contributed by atoms with Crippen LogP contribution >= 0.6 is 0 Å². The fourth-order valence-electron chi connectivity index (χ4n) is 2.72. The molecular formula is C22H23N3O2. The molecule has 3 aromatic rings. The number of nitrogens with one attached hydrogen (secondary N) is 2. The van der Waals surface area contributed by atoms with Crippen molar-refractivity contribution in [3.05, 3.63) is 78.0 Å². The third-order valence-corrected chi connectivity index (χ3v) is 4.11. The quantitative estimate of drug-likeness (QED) is 0.639. The lowest BCUT2D eigenvalue weighted by Crippen LogP contribution is -2.15. The van der Waals surface area contributed by atoms with E-state index in [1.807, 2.05) is 74.5 Å². The van der Waals surface area contributed by atoms with E-state index in [2.05, 4.69) is 15.6 Å². The fourth-order valence-corrected chi connectivity index (χ4v) is 2.72. The standard InChI is InChI=1S/C22H23N3O2/c1-3-27-20-11-7-6-10-19(20)25-21-13-12-18(15-23-21)24-22(26)14-17-9-5-4-8-16(17)2/h4-13,15H,3,14H2,1-2H3,(H,23,25)(H,24,26). The summed E-state index contributed by atoms with van der Waals surface area (Å²) in [7, 11) is 0. The van der Waals surface area contributed by atoms with Crippen molar-refractivity contribution in [2.45, 2.75) is 20.3 Å². The molecule has 0 aliphatic rings. The average Bonchev–Trinajstić information content (AvgIpc) is 2.67. The normalized spacial score (nSPS) is 10.3. The summed E-state index contributed by atoms with van der Waals surface area (Å²) in [4.78, 5) is 16.6. The second kappa shape index (κ2) is 8.85. The third-order valence-electron chi connectivity index (χ3n) is 4.11. The van der Waals surface area contributed by atoms with Crippen LogP contribution in [0.2, 0.25) is 0 Å². The van der Waals surface area contributed by atoms with E-state index in [0.29, 0.717) is 24.5 Å². The third kappa shape index (κ3) is 5.07. The number of benzene rings is 2. The topological polar surface area (TPSA) is 63.2 Å². The molecule has 0 fully saturated rings. The summed E-state index contributed by atoms with van der Waals surface area (Å²) < 4.78 is 5.60. The predicted octanol–water partition coefficient (Wildman–Crippen LogP) is 4.71. The highest BCUT2D eigenvalue weighted by molar-refractivity contribution is 5.92. The summed E-state index contributed by atoms with van der Waals surface area (Å²) >= 11 is 0. The maximum absolute atomic E-state index is 12.3. The Bertz CT molecular complexity index is 907. The molecule has 0 saturated carbocycles. The van der Waals surface area contributed by atoms with Crippen LogP contribution in [0.1, 0.15) is 18.1 Å². The van der Waals surface area contributed by atoms with E-state index in [9.17, 15) is 4.79 Å². The molecule has 1 aromatic heterocycles. The molecule has 0 radical (unpaired) electrons. The first-order valence-electron chi connectivity index (χ1n) is 8.95. The molecule has 0 bridgehead atoms. The van der Waals surface area contributed by atoms with Crippen molar-refractivity contribution < 1.29 is 9.53 Å². The Labute approximate surface area is 159 Å². The Morgan fingerprint density at radius 3 is 2.56 bits per heavy atom. The van der Waals surface area contributed by atoms with Crippen LogP contribution in [0.15, 0.2) is 66.9 Å². The summed E-state index contributed by atoms with van der Waals surface area (Å²) in [5, 5.41) is 6.12.